The molecule has 0 aliphatic carbocycles. The van der Waals surface area contributed by atoms with Crippen LogP contribution in [0.1, 0.15) is 39.4 Å². The van der Waals surface area contributed by atoms with Crippen molar-refractivity contribution in [1.82, 2.24) is 9.88 Å². The third-order valence-electron chi connectivity index (χ3n) is 6.95. The highest BCUT2D eigenvalue weighted by atomic mass is 16.5. The molecule has 2 aliphatic rings. The van der Waals surface area contributed by atoms with Gasteiger partial charge in [-0.25, -0.2) is 0 Å². The number of hydrogen-bond donors (Lipinski definition) is 4. The molecule has 2 aliphatic heterocycles. The molecule has 0 saturated carbocycles. The van der Waals surface area contributed by atoms with Gasteiger partial charge in [0.1, 0.15) is 18.3 Å². The highest BCUT2D eigenvalue weighted by Gasteiger charge is 2.44. The number of carbonyl (C=O) groups is 2. The van der Waals surface area contributed by atoms with E-state index < -0.39 is 42.5 Å². The highest BCUT2D eigenvalue weighted by molar-refractivity contribution is 6.37. The molecular formula is C25H22N2O6. The van der Waals surface area contributed by atoms with Gasteiger partial charge in [0, 0.05) is 21.5 Å². The molecule has 1 fully saturated rings. The molecule has 1 unspecified atom stereocenters. The van der Waals surface area contributed by atoms with E-state index in [1.165, 1.54) is 0 Å². The molecule has 8 nitrogen and oxygen atoms in total. The van der Waals surface area contributed by atoms with Crippen molar-refractivity contribution in [3.05, 3.63) is 59.2 Å². The second-order valence-electron chi connectivity index (χ2n) is 8.85. The first kappa shape index (κ1) is 20.3. The maximum Gasteiger partial charge on any atom is 0.259 e. The SMILES string of the molecule is Cc1cccc2c1c1c(c3c4ccccc4n(C4O[C@H](C)[C@@H](O)[C@H](O)[C@@H]4O)c23)C(=O)NC1=O. The molecule has 0 bridgehead atoms. The predicted molar refractivity (Wildman–Crippen MR) is 121 cm³/mol. The number of aliphatic hydroxyl groups excluding tert-OH is 3. The largest absolute Gasteiger partial charge is 0.388 e. The van der Waals surface area contributed by atoms with E-state index in [2.05, 4.69) is 5.32 Å². The van der Waals surface area contributed by atoms with E-state index in [0.29, 0.717) is 32.9 Å². The molecule has 1 saturated heterocycles. The van der Waals surface area contributed by atoms with Gasteiger partial charge in [-0.3, -0.25) is 14.9 Å². The number of aryl methyl sites for hydroxylation is 1. The summed E-state index contributed by atoms with van der Waals surface area (Å²) in [6.07, 6.45) is -5.84. The first-order valence-corrected chi connectivity index (χ1v) is 10.8. The van der Waals surface area contributed by atoms with Crippen molar-refractivity contribution in [2.45, 2.75) is 44.5 Å². The number of amides is 2. The van der Waals surface area contributed by atoms with Crippen LogP contribution in [0.4, 0.5) is 0 Å². The zero-order valence-corrected chi connectivity index (χ0v) is 17.9. The van der Waals surface area contributed by atoms with Crippen molar-refractivity contribution in [2.24, 2.45) is 0 Å². The van der Waals surface area contributed by atoms with Gasteiger partial charge in [-0.2, -0.15) is 0 Å². The molecule has 0 radical (unpaired) electrons. The first-order valence-electron chi connectivity index (χ1n) is 10.8. The second-order valence-corrected chi connectivity index (χ2v) is 8.85. The molecule has 5 atom stereocenters. The summed E-state index contributed by atoms with van der Waals surface area (Å²) in [6, 6.07) is 13.0. The van der Waals surface area contributed by atoms with Gasteiger partial charge in [0.15, 0.2) is 6.23 Å². The van der Waals surface area contributed by atoms with Gasteiger partial charge >= 0.3 is 0 Å². The van der Waals surface area contributed by atoms with E-state index in [9.17, 15) is 24.9 Å². The number of aliphatic hydroxyl groups is 3. The van der Waals surface area contributed by atoms with Crippen molar-refractivity contribution < 1.29 is 29.6 Å². The van der Waals surface area contributed by atoms with Gasteiger partial charge in [-0.1, -0.05) is 36.4 Å². The minimum Gasteiger partial charge on any atom is -0.388 e. The average Bonchev–Trinajstić information content (AvgIpc) is 3.29. The van der Waals surface area contributed by atoms with Crippen molar-refractivity contribution >= 4 is 44.4 Å². The van der Waals surface area contributed by atoms with Crippen LogP contribution in [0.5, 0.6) is 0 Å². The molecule has 33 heavy (non-hydrogen) atoms. The van der Waals surface area contributed by atoms with E-state index >= 15 is 0 Å². The fraction of sp³-hybridized carbons (Fsp3) is 0.280. The van der Waals surface area contributed by atoms with E-state index in [0.717, 1.165) is 16.3 Å². The van der Waals surface area contributed by atoms with Gasteiger partial charge in [-0.05, 0) is 25.5 Å². The zero-order chi connectivity index (χ0) is 23.2. The summed E-state index contributed by atoms with van der Waals surface area (Å²) in [5.41, 5.74) is 2.78. The Balaban J connectivity index is 1.84. The summed E-state index contributed by atoms with van der Waals surface area (Å²) >= 11 is 0. The Kier molecular flexibility index (Phi) is 4.22. The molecule has 1 aromatic heterocycles. The highest BCUT2D eigenvalue weighted by Crippen LogP contribution is 2.45. The predicted octanol–water partition coefficient (Wildman–Crippen LogP) is 2.14. The number of nitrogens with one attached hydrogen (secondary N) is 1. The third-order valence-corrected chi connectivity index (χ3v) is 6.95. The number of benzene rings is 3. The lowest BCUT2D eigenvalue weighted by molar-refractivity contribution is -0.238. The van der Waals surface area contributed by atoms with Gasteiger partial charge in [-0.15, -0.1) is 0 Å². The minimum atomic E-state index is -1.42. The Labute approximate surface area is 188 Å². The minimum absolute atomic E-state index is 0.297. The topological polar surface area (TPSA) is 121 Å². The summed E-state index contributed by atoms with van der Waals surface area (Å²) in [7, 11) is 0. The van der Waals surface area contributed by atoms with Gasteiger partial charge < -0.3 is 24.6 Å². The number of fused-ring (bicyclic) bond motifs is 8. The fourth-order valence-electron chi connectivity index (χ4n) is 5.42. The normalized spacial score (nSPS) is 27.5. The van der Waals surface area contributed by atoms with Gasteiger partial charge in [0.25, 0.3) is 11.8 Å². The van der Waals surface area contributed by atoms with Crippen molar-refractivity contribution in [3.8, 4) is 0 Å². The molecular weight excluding hydrogens is 424 g/mol. The molecule has 3 aromatic carbocycles. The number of ether oxygens (including phenoxy) is 1. The van der Waals surface area contributed by atoms with Crippen LogP contribution in [0.3, 0.4) is 0 Å². The summed E-state index contributed by atoms with van der Waals surface area (Å²) in [5, 5.41) is 36.8. The molecule has 4 aromatic rings. The van der Waals surface area contributed by atoms with Crippen LogP contribution >= 0.6 is 0 Å². The van der Waals surface area contributed by atoms with Crippen LogP contribution in [-0.4, -0.2) is 56.1 Å². The lowest BCUT2D eigenvalue weighted by Gasteiger charge is -2.40. The molecule has 8 heteroatoms. The van der Waals surface area contributed by atoms with E-state index in [4.69, 9.17) is 4.74 Å². The van der Waals surface area contributed by atoms with Crippen LogP contribution in [0.15, 0.2) is 42.5 Å². The molecule has 2 amide bonds. The van der Waals surface area contributed by atoms with Crippen molar-refractivity contribution in [3.63, 3.8) is 0 Å². The number of carbonyl (C=O) groups excluding carboxylic acids is 2. The lowest BCUT2D eigenvalue weighted by Crippen LogP contribution is -2.54. The lowest BCUT2D eigenvalue weighted by atomic mass is 9.92. The molecule has 168 valence electrons. The summed E-state index contributed by atoms with van der Waals surface area (Å²) in [4.78, 5) is 25.8. The van der Waals surface area contributed by atoms with Gasteiger partial charge in [0.2, 0.25) is 0 Å². The maximum atomic E-state index is 13.0. The quantitative estimate of drug-likeness (QED) is 0.333. The monoisotopic (exact) mass is 446 g/mol. The Morgan fingerprint density at radius 2 is 1.52 bits per heavy atom. The first-order chi connectivity index (χ1) is 15.8. The van der Waals surface area contributed by atoms with Crippen LogP contribution in [0, 0.1) is 6.92 Å². The summed E-state index contributed by atoms with van der Waals surface area (Å²) in [6.45, 7) is 3.51. The van der Waals surface area contributed by atoms with E-state index in [1.54, 1.807) is 11.5 Å². The van der Waals surface area contributed by atoms with Crippen LogP contribution in [-0.2, 0) is 4.74 Å². The number of aromatic nitrogens is 1. The van der Waals surface area contributed by atoms with Crippen LogP contribution < -0.4 is 5.32 Å². The second kappa shape index (κ2) is 6.85. The number of rotatable bonds is 1. The number of nitrogens with zero attached hydrogens (tertiary/aromatic N) is 1. The molecule has 0 spiro atoms. The summed E-state index contributed by atoms with van der Waals surface area (Å²) in [5.74, 6) is -0.906. The van der Waals surface area contributed by atoms with E-state index in [1.807, 2.05) is 49.4 Å². The third kappa shape index (κ3) is 2.54. The Bertz CT molecular complexity index is 1510. The number of para-hydroxylation sites is 1. The smallest absolute Gasteiger partial charge is 0.259 e. The molecule has 4 N–H and O–H groups in total. The Morgan fingerprint density at radius 3 is 2.27 bits per heavy atom. The standard InChI is InChI=1S/C25H22N2O6/c1-10-6-5-8-13-15(10)17-18(24(32)26-23(17)31)16-12-7-3-4-9-14(12)27(19(13)16)25-22(30)21(29)20(28)11(2)33-25/h3-9,11,20-22,25,28-30H,1-2H3,(H,26,31,32)/t11-,20-,21+,22+,25?/m1/s1. The maximum absolute atomic E-state index is 13.0. The summed E-state index contributed by atoms with van der Waals surface area (Å²) < 4.78 is 7.80. The Hall–Kier alpha value is -3.30. The fourth-order valence-corrected chi connectivity index (χ4v) is 5.42. The van der Waals surface area contributed by atoms with E-state index in [-0.39, 0.29) is 0 Å². The average molecular weight is 446 g/mol. The molecule has 6 rings (SSSR count). The Morgan fingerprint density at radius 1 is 0.848 bits per heavy atom. The number of imide groups is 1. The van der Waals surface area contributed by atoms with Crippen LogP contribution in [0.25, 0.3) is 32.6 Å². The molecule has 3 heterocycles. The van der Waals surface area contributed by atoms with Crippen molar-refractivity contribution in [1.29, 1.82) is 0 Å². The van der Waals surface area contributed by atoms with Gasteiger partial charge in [0.05, 0.1) is 28.3 Å². The van der Waals surface area contributed by atoms with Crippen LogP contribution in [0.2, 0.25) is 0 Å². The zero-order valence-electron chi connectivity index (χ0n) is 17.9. The number of hydrogen-bond acceptors (Lipinski definition) is 6. The van der Waals surface area contributed by atoms with Crippen molar-refractivity contribution in [2.75, 3.05) is 0 Å².